The normalized spacial score (nSPS) is 24.2. The van der Waals surface area contributed by atoms with E-state index in [2.05, 4.69) is 24.3 Å². The Hall–Kier alpha value is -0.580. The van der Waals surface area contributed by atoms with E-state index in [-0.39, 0.29) is 0 Å². The summed E-state index contributed by atoms with van der Waals surface area (Å²) < 4.78 is 7.86. The van der Waals surface area contributed by atoms with Crippen LogP contribution in [0.25, 0.3) is 0 Å². The summed E-state index contributed by atoms with van der Waals surface area (Å²) in [7, 11) is 2.03. The summed E-state index contributed by atoms with van der Waals surface area (Å²) in [5, 5.41) is 8.79. The first-order valence-corrected chi connectivity index (χ1v) is 8.00. The van der Waals surface area contributed by atoms with Crippen LogP contribution in [0.15, 0.2) is 0 Å². The summed E-state index contributed by atoms with van der Waals surface area (Å²) in [6, 6.07) is 0.390. The van der Waals surface area contributed by atoms with Gasteiger partial charge in [0.05, 0.1) is 22.5 Å². The molecule has 0 saturated carbocycles. The predicted octanol–water partition coefficient (Wildman–Crippen LogP) is 2.81. The quantitative estimate of drug-likeness (QED) is 0.878. The van der Waals surface area contributed by atoms with Crippen LogP contribution in [0.3, 0.4) is 0 Å². The minimum atomic E-state index is 0.366. The molecule has 3 atom stereocenters. The summed E-state index contributed by atoms with van der Waals surface area (Å²) in [5.41, 5.74) is 2.07. The van der Waals surface area contributed by atoms with E-state index < -0.39 is 0 Å². The Morgan fingerprint density at radius 2 is 2.25 bits per heavy atom. The largest absolute Gasteiger partial charge is 0.378 e. The third kappa shape index (κ3) is 3.02. The van der Waals surface area contributed by atoms with Crippen LogP contribution in [-0.4, -0.2) is 35.6 Å². The summed E-state index contributed by atoms with van der Waals surface area (Å²) in [6.07, 6.45) is 3.48. The minimum Gasteiger partial charge on any atom is -0.378 e. The van der Waals surface area contributed by atoms with Gasteiger partial charge < -0.3 is 10.1 Å². The first-order valence-electron chi connectivity index (χ1n) is 7.62. The fourth-order valence-corrected chi connectivity index (χ4v) is 3.50. The van der Waals surface area contributed by atoms with E-state index in [1.54, 1.807) is 0 Å². The fourth-order valence-electron chi connectivity index (χ4n) is 3.29. The van der Waals surface area contributed by atoms with Crippen molar-refractivity contribution >= 4 is 11.6 Å². The van der Waals surface area contributed by atoms with Gasteiger partial charge in [0, 0.05) is 31.5 Å². The summed E-state index contributed by atoms with van der Waals surface area (Å²) in [6.45, 7) is 8.01. The van der Waals surface area contributed by atoms with E-state index in [1.807, 2.05) is 18.7 Å². The Morgan fingerprint density at radius 3 is 2.85 bits per heavy atom. The van der Waals surface area contributed by atoms with Crippen LogP contribution >= 0.6 is 11.6 Å². The lowest BCUT2D eigenvalue weighted by molar-refractivity contribution is 0.0781. The number of hydrogen-bond acceptors (Lipinski definition) is 3. The predicted molar refractivity (Wildman–Crippen MR) is 82.3 cm³/mol. The lowest BCUT2D eigenvalue weighted by Gasteiger charge is -2.27. The third-order valence-corrected chi connectivity index (χ3v) is 4.91. The molecule has 0 bridgehead atoms. The number of rotatable bonds is 6. The van der Waals surface area contributed by atoms with E-state index in [0.717, 1.165) is 48.8 Å². The highest BCUT2D eigenvalue weighted by Gasteiger charge is 2.34. The molecule has 0 spiro atoms. The van der Waals surface area contributed by atoms with Crippen molar-refractivity contribution in [3.8, 4) is 0 Å². The highest BCUT2D eigenvalue weighted by molar-refractivity contribution is 6.31. The van der Waals surface area contributed by atoms with Gasteiger partial charge in [0.2, 0.25) is 0 Å². The molecule has 1 fully saturated rings. The van der Waals surface area contributed by atoms with Crippen molar-refractivity contribution < 1.29 is 4.74 Å². The van der Waals surface area contributed by atoms with Crippen LogP contribution in [0.4, 0.5) is 0 Å². The standard InChI is InChI=1S/C15H26ClN3O/c1-5-14-11(7-8-20-14)12(17-4)9-13-15(16)10(3)18-19(13)6-2/h11-12,14,17H,5-9H2,1-4H3. The van der Waals surface area contributed by atoms with Gasteiger partial charge in [0.25, 0.3) is 0 Å². The molecule has 4 nitrogen and oxygen atoms in total. The Balaban J connectivity index is 2.18. The second-order valence-electron chi connectivity index (χ2n) is 5.53. The molecule has 5 heteroatoms. The van der Waals surface area contributed by atoms with Crippen molar-refractivity contribution in [1.82, 2.24) is 15.1 Å². The Kier molecular flexibility index (Phi) is 5.47. The van der Waals surface area contributed by atoms with E-state index in [4.69, 9.17) is 16.3 Å². The van der Waals surface area contributed by atoms with Crippen molar-refractivity contribution in [3.63, 3.8) is 0 Å². The molecule has 1 aliphatic rings. The van der Waals surface area contributed by atoms with Crippen molar-refractivity contribution in [2.24, 2.45) is 5.92 Å². The molecule has 2 rings (SSSR count). The van der Waals surface area contributed by atoms with Crippen LogP contribution in [0.5, 0.6) is 0 Å². The number of ether oxygens (including phenoxy) is 1. The molecular formula is C15H26ClN3O. The van der Waals surface area contributed by atoms with E-state index in [0.29, 0.717) is 18.1 Å². The molecular weight excluding hydrogens is 274 g/mol. The Bertz CT molecular complexity index is 447. The molecule has 0 aliphatic carbocycles. The highest BCUT2D eigenvalue weighted by Crippen LogP contribution is 2.30. The number of halogens is 1. The van der Waals surface area contributed by atoms with Crippen LogP contribution in [0, 0.1) is 12.8 Å². The molecule has 1 aromatic rings. The smallest absolute Gasteiger partial charge is 0.0847 e. The average Bonchev–Trinajstić information content (AvgIpc) is 3.03. The zero-order valence-corrected chi connectivity index (χ0v) is 13.7. The monoisotopic (exact) mass is 299 g/mol. The van der Waals surface area contributed by atoms with E-state index in [1.165, 1.54) is 0 Å². The first kappa shape index (κ1) is 15.8. The Morgan fingerprint density at radius 1 is 1.50 bits per heavy atom. The number of likely N-dealkylation sites (N-methyl/N-ethyl adjacent to an activating group) is 1. The van der Waals surface area contributed by atoms with Gasteiger partial charge in [-0.15, -0.1) is 0 Å². The maximum atomic E-state index is 6.43. The van der Waals surface area contributed by atoms with Gasteiger partial charge in [-0.05, 0) is 33.7 Å². The van der Waals surface area contributed by atoms with Gasteiger partial charge >= 0.3 is 0 Å². The van der Waals surface area contributed by atoms with Crippen molar-refractivity contribution in [3.05, 3.63) is 16.4 Å². The molecule has 1 saturated heterocycles. The van der Waals surface area contributed by atoms with Gasteiger partial charge in [-0.2, -0.15) is 5.10 Å². The van der Waals surface area contributed by atoms with Crippen molar-refractivity contribution in [1.29, 1.82) is 0 Å². The van der Waals surface area contributed by atoms with E-state index >= 15 is 0 Å². The van der Waals surface area contributed by atoms with Crippen LogP contribution in [0.1, 0.15) is 38.1 Å². The number of aryl methyl sites for hydroxylation is 2. The van der Waals surface area contributed by atoms with Crippen LogP contribution in [0.2, 0.25) is 5.02 Å². The maximum absolute atomic E-state index is 6.43. The topological polar surface area (TPSA) is 39.1 Å². The fraction of sp³-hybridized carbons (Fsp3) is 0.800. The second-order valence-corrected chi connectivity index (χ2v) is 5.91. The van der Waals surface area contributed by atoms with Gasteiger partial charge in [-0.3, -0.25) is 4.68 Å². The van der Waals surface area contributed by atoms with Crippen LogP contribution in [-0.2, 0) is 17.7 Å². The third-order valence-electron chi connectivity index (χ3n) is 4.42. The minimum absolute atomic E-state index is 0.366. The molecule has 2 heterocycles. The number of hydrogen-bond donors (Lipinski definition) is 1. The molecule has 0 radical (unpaired) electrons. The molecule has 114 valence electrons. The van der Waals surface area contributed by atoms with Gasteiger partial charge in [-0.1, -0.05) is 18.5 Å². The summed E-state index contributed by atoms with van der Waals surface area (Å²) in [5.74, 6) is 0.557. The second kappa shape index (κ2) is 6.92. The SMILES string of the molecule is CCC1OCCC1C(Cc1c(Cl)c(C)nn1CC)NC. The zero-order chi connectivity index (χ0) is 14.7. The van der Waals surface area contributed by atoms with Gasteiger partial charge in [-0.25, -0.2) is 0 Å². The van der Waals surface area contributed by atoms with Crippen molar-refractivity contribution in [2.45, 2.75) is 58.7 Å². The Labute approximate surface area is 126 Å². The molecule has 1 aromatic heterocycles. The lowest BCUT2D eigenvalue weighted by Crippen LogP contribution is -2.40. The van der Waals surface area contributed by atoms with E-state index in [9.17, 15) is 0 Å². The first-order chi connectivity index (χ1) is 9.62. The molecule has 0 amide bonds. The maximum Gasteiger partial charge on any atom is 0.0847 e. The molecule has 1 aliphatic heterocycles. The van der Waals surface area contributed by atoms with Gasteiger partial charge in [0.15, 0.2) is 0 Å². The van der Waals surface area contributed by atoms with Crippen molar-refractivity contribution in [2.75, 3.05) is 13.7 Å². The average molecular weight is 300 g/mol. The van der Waals surface area contributed by atoms with Crippen LogP contribution < -0.4 is 5.32 Å². The van der Waals surface area contributed by atoms with Gasteiger partial charge in [0.1, 0.15) is 0 Å². The number of nitrogens with one attached hydrogen (secondary N) is 1. The number of aromatic nitrogens is 2. The molecule has 3 unspecified atom stereocenters. The molecule has 0 aromatic carbocycles. The number of nitrogens with zero attached hydrogens (tertiary/aromatic N) is 2. The molecule has 1 N–H and O–H groups in total. The molecule has 20 heavy (non-hydrogen) atoms. The lowest BCUT2D eigenvalue weighted by atomic mass is 9.88. The zero-order valence-electron chi connectivity index (χ0n) is 12.9. The highest BCUT2D eigenvalue weighted by atomic mass is 35.5. The summed E-state index contributed by atoms with van der Waals surface area (Å²) in [4.78, 5) is 0. The summed E-state index contributed by atoms with van der Waals surface area (Å²) >= 11 is 6.43.